The maximum atomic E-state index is 13.1. The van der Waals surface area contributed by atoms with Crippen LogP contribution in [-0.4, -0.2) is 51.7 Å². The summed E-state index contributed by atoms with van der Waals surface area (Å²) in [5, 5.41) is 7.26. The number of rotatable bonds is 2. The maximum absolute atomic E-state index is 13.1. The molecule has 0 aliphatic carbocycles. The van der Waals surface area contributed by atoms with Crippen LogP contribution in [0.15, 0.2) is 30.5 Å². The molecule has 2 aliphatic rings. The molecule has 1 saturated heterocycles. The van der Waals surface area contributed by atoms with Crippen molar-refractivity contribution in [1.29, 1.82) is 0 Å². The van der Waals surface area contributed by atoms with Crippen LogP contribution in [0.25, 0.3) is 0 Å². The zero-order chi connectivity index (χ0) is 19.0. The fourth-order valence-electron chi connectivity index (χ4n) is 3.99. The van der Waals surface area contributed by atoms with Crippen LogP contribution in [0.3, 0.4) is 0 Å². The molecule has 1 aromatic heterocycles. The molecular formula is C20H24N4O3. The van der Waals surface area contributed by atoms with Crippen molar-refractivity contribution in [2.75, 3.05) is 19.6 Å². The van der Waals surface area contributed by atoms with E-state index in [0.717, 1.165) is 25.1 Å². The number of amides is 2. The first kappa shape index (κ1) is 17.6. The highest BCUT2D eigenvalue weighted by Gasteiger charge is 2.42. The third-order valence-electron chi connectivity index (χ3n) is 5.49. The van der Waals surface area contributed by atoms with Crippen molar-refractivity contribution in [3.05, 3.63) is 47.3 Å². The fourth-order valence-corrected chi connectivity index (χ4v) is 3.99. The lowest BCUT2D eigenvalue weighted by Crippen LogP contribution is -2.57. The Hall–Kier alpha value is -2.83. The number of para-hydroxylation sites is 1. The second-order valence-electron chi connectivity index (χ2n) is 7.25. The largest absolute Gasteiger partial charge is 0.483 e. The monoisotopic (exact) mass is 368 g/mol. The van der Waals surface area contributed by atoms with Crippen molar-refractivity contribution in [3.8, 4) is 5.75 Å². The highest BCUT2D eigenvalue weighted by molar-refractivity contribution is 5.97. The van der Waals surface area contributed by atoms with E-state index in [1.54, 1.807) is 12.3 Å². The molecule has 1 unspecified atom stereocenters. The number of aryl methyl sites for hydroxylation is 1. The summed E-state index contributed by atoms with van der Waals surface area (Å²) in [5.41, 5.74) is 1.44. The number of hydrogen-bond donors (Lipinski definition) is 1. The average Bonchev–Trinajstić information content (AvgIpc) is 3.00. The van der Waals surface area contributed by atoms with Crippen molar-refractivity contribution >= 4 is 11.8 Å². The first-order valence-corrected chi connectivity index (χ1v) is 9.41. The Bertz CT molecular complexity index is 891. The summed E-state index contributed by atoms with van der Waals surface area (Å²) in [6.45, 7) is 6.16. The van der Waals surface area contributed by atoms with Gasteiger partial charge in [0.1, 0.15) is 11.4 Å². The summed E-state index contributed by atoms with van der Waals surface area (Å²) in [6.07, 6.45) is 3.26. The molecule has 1 spiro atoms. The number of nitrogens with zero attached hydrogens (tertiary/aromatic N) is 3. The van der Waals surface area contributed by atoms with Gasteiger partial charge in [-0.2, -0.15) is 5.10 Å². The van der Waals surface area contributed by atoms with Gasteiger partial charge in [-0.15, -0.1) is 0 Å². The molecule has 0 saturated carbocycles. The number of hydrogen-bond acceptors (Lipinski definition) is 4. The number of piperidine rings is 1. The Kier molecular flexibility index (Phi) is 4.37. The van der Waals surface area contributed by atoms with Crippen LogP contribution in [0, 0.1) is 6.92 Å². The van der Waals surface area contributed by atoms with E-state index in [1.807, 2.05) is 41.6 Å². The minimum atomic E-state index is -0.606. The normalized spacial score (nSPS) is 22.0. The quantitative estimate of drug-likeness (QED) is 0.880. The molecule has 1 atom stereocenters. The van der Waals surface area contributed by atoms with E-state index in [2.05, 4.69) is 10.4 Å². The highest BCUT2D eigenvalue weighted by Crippen LogP contribution is 2.32. The number of likely N-dealkylation sites (tertiary alicyclic amines) is 1. The zero-order valence-corrected chi connectivity index (χ0v) is 15.7. The lowest BCUT2D eigenvalue weighted by atomic mass is 9.91. The fraction of sp³-hybridized carbons (Fsp3) is 0.450. The molecule has 4 rings (SSSR count). The van der Waals surface area contributed by atoms with Crippen molar-refractivity contribution in [2.24, 2.45) is 0 Å². The second kappa shape index (κ2) is 6.72. The van der Waals surface area contributed by atoms with Crippen LogP contribution in [-0.2, 0) is 6.54 Å². The lowest BCUT2D eigenvalue weighted by molar-refractivity contribution is -0.000897. The van der Waals surface area contributed by atoms with Gasteiger partial charge in [-0.3, -0.25) is 14.3 Å². The molecular weight excluding hydrogens is 344 g/mol. The number of nitrogens with one attached hydrogen (secondary N) is 1. The number of aromatic nitrogens is 2. The Balaban J connectivity index is 1.60. The predicted octanol–water partition coefficient (Wildman–Crippen LogP) is 2.01. The second-order valence-corrected chi connectivity index (χ2v) is 7.25. The lowest BCUT2D eigenvalue weighted by Gasteiger charge is -2.42. The summed E-state index contributed by atoms with van der Waals surface area (Å²) in [6, 6.07) is 7.26. The van der Waals surface area contributed by atoms with Crippen molar-refractivity contribution < 1.29 is 14.3 Å². The number of carbonyl (C=O) groups excluding carboxylic acids is 2. The standard InChI is InChI=1S/C20H24N4O3/c1-3-24-14(2)16(11-22-24)19(26)23-10-6-9-20(13-23)12-21-18(25)15-7-4-5-8-17(15)27-20/h4-5,7-8,11H,3,6,9-10,12-13H2,1-2H3,(H,21,25). The summed E-state index contributed by atoms with van der Waals surface area (Å²) in [7, 11) is 0. The summed E-state index contributed by atoms with van der Waals surface area (Å²) >= 11 is 0. The molecule has 1 aromatic carbocycles. The van der Waals surface area contributed by atoms with Gasteiger partial charge in [0, 0.05) is 18.8 Å². The summed E-state index contributed by atoms with van der Waals surface area (Å²) in [4.78, 5) is 27.3. The Morgan fingerprint density at radius 3 is 2.96 bits per heavy atom. The molecule has 1 N–H and O–H groups in total. The molecule has 142 valence electrons. The molecule has 27 heavy (non-hydrogen) atoms. The third-order valence-corrected chi connectivity index (χ3v) is 5.49. The van der Waals surface area contributed by atoms with E-state index in [0.29, 0.717) is 36.5 Å². The minimum absolute atomic E-state index is 0.0290. The maximum Gasteiger partial charge on any atom is 0.257 e. The molecule has 1 fully saturated rings. The molecule has 2 aromatic rings. The number of carbonyl (C=O) groups is 2. The Labute approximate surface area is 158 Å². The van der Waals surface area contributed by atoms with Gasteiger partial charge < -0.3 is 15.0 Å². The smallest absolute Gasteiger partial charge is 0.257 e. The topological polar surface area (TPSA) is 76.5 Å². The predicted molar refractivity (Wildman–Crippen MR) is 99.9 cm³/mol. The van der Waals surface area contributed by atoms with E-state index in [1.165, 1.54) is 0 Å². The molecule has 2 aliphatic heterocycles. The van der Waals surface area contributed by atoms with Gasteiger partial charge in [0.2, 0.25) is 0 Å². The molecule has 7 heteroatoms. The molecule has 0 bridgehead atoms. The minimum Gasteiger partial charge on any atom is -0.483 e. The van der Waals surface area contributed by atoms with E-state index in [4.69, 9.17) is 4.74 Å². The molecule has 2 amide bonds. The SMILES string of the molecule is CCn1ncc(C(=O)N2CCCC3(CNC(=O)c4ccccc4O3)C2)c1C. The van der Waals surface area contributed by atoms with Crippen LogP contribution in [0.2, 0.25) is 0 Å². The Morgan fingerprint density at radius 2 is 2.19 bits per heavy atom. The molecule has 0 radical (unpaired) electrons. The Morgan fingerprint density at radius 1 is 1.37 bits per heavy atom. The van der Waals surface area contributed by atoms with Gasteiger partial charge in [-0.25, -0.2) is 0 Å². The first-order chi connectivity index (χ1) is 13.0. The van der Waals surface area contributed by atoms with Crippen LogP contribution in [0.5, 0.6) is 5.75 Å². The van der Waals surface area contributed by atoms with Crippen LogP contribution < -0.4 is 10.1 Å². The third kappa shape index (κ3) is 3.07. The summed E-state index contributed by atoms with van der Waals surface area (Å²) in [5.74, 6) is 0.418. The van der Waals surface area contributed by atoms with Crippen molar-refractivity contribution in [3.63, 3.8) is 0 Å². The average molecular weight is 368 g/mol. The number of fused-ring (bicyclic) bond motifs is 1. The van der Waals surface area contributed by atoms with Gasteiger partial charge in [0.05, 0.1) is 30.4 Å². The van der Waals surface area contributed by atoms with E-state index in [-0.39, 0.29) is 11.8 Å². The van der Waals surface area contributed by atoms with Gasteiger partial charge >= 0.3 is 0 Å². The van der Waals surface area contributed by atoms with Crippen LogP contribution in [0.4, 0.5) is 0 Å². The van der Waals surface area contributed by atoms with Gasteiger partial charge in [0.15, 0.2) is 0 Å². The van der Waals surface area contributed by atoms with E-state index >= 15 is 0 Å². The van der Waals surface area contributed by atoms with E-state index < -0.39 is 5.60 Å². The van der Waals surface area contributed by atoms with Crippen molar-refractivity contribution in [1.82, 2.24) is 20.0 Å². The van der Waals surface area contributed by atoms with Gasteiger partial charge in [-0.1, -0.05) is 12.1 Å². The van der Waals surface area contributed by atoms with Crippen LogP contribution >= 0.6 is 0 Å². The van der Waals surface area contributed by atoms with Crippen LogP contribution in [0.1, 0.15) is 46.2 Å². The molecule has 7 nitrogen and oxygen atoms in total. The van der Waals surface area contributed by atoms with Gasteiger partial charge in [-0.05, 0) is 38.8 Å². The number of benzene rings is 1. The van der Waals surface area contributed by atoms with Crippen molar-refractivity contribution in [2.45, 2.75) is 38.8 Å². The summed E-state index contributed by atoms with van der Waals surface area (Å²) < 4.78 is 8.16. The van der Waals surface area contributed by atoms with Gasteiger partial charge in [0.25, 0.3) is 11.8 Å². The first-order valence-electron chi connectivity index (χ1n) is 9.41. The zero-order valence-electron chi connectivity index (χ0n) is 15.7. The highest BCUT2D eigenvalue weighted by atomic mass is 16.5. The van der Waals surface area contributed by atoms with E-state index in [9.17, 15) is 9.59 Å². The number of ether oxygens (including phenoxy) is 1. The molecule has 3 heterocycles.